The van der Waals surface area contributed by atoms with Crippen LogP contribution in [0.25, 0.3) is 11.3 Å². The predicted molar refractivity (Wildman–Crippen MR) is 129 cm³/mol. The number of aromatic nitrogens is 1. The number of carbonyl (C=O) groups excluding carboxylic acids is 1. The van der Waals surface area contributed by atoms with E-state index >= 15 is 0 Å². The fourth-order valence-electron chi connectivity index (χ4n) is 3.52. The second-order valence-electron chi connectivity index (χ2n) is 7.63. The van der Waals surface area contributed by atoms with Crippen molar-refractivity contribution in [3.63, 3.8) is 0 Å². The third kappa shape index (κ3) is 5.93. The van der Waals surface area contributed by atoms with Gasteiger partial charge >= 0.3 is 0 Å². The standard InChI is InChI=1S/C24H24Cl2F2N4O2/c1-2-24(11-4-12-30-20(29)13-27,32-22(33)21-17(25)5-3-6-18(21)26)23-31-14-19(34-23)15-7-9-16(28)10-8-15/h3,5-10,14H,2,4,11-13H2,1H3,(H2,29,30)(H,32,33)/t24-/m1/s1. The molecular formula is C24H24Cl2F2N4O2. The van der Waals surface area contributed by atoms with Crippen molar-refractivity contribution in [2.45, 2.75) is 31.7 Å². The number of benzene rings is 2. The molecule has 0 saturated carbocycles. The fourth-order valence-corrected chi connectivity index (χ4v) is 4.09. The first-order valence-electron chi connectivity index (χ1n) is 10.6. The van der Waals surface area contributed by atoms with Crippen molar-refractivity contribution in [1.29, 1.82) is 0 Å². The lowest BCUT2D eigenvalue weighted by molar-refractivity contribution is 0.0863. The zero-order valence-corrected chi connectivity index (χ0v) is 20.0. The lowest BCUT2D eigenvalue weighted by Crippen LogP contribution is -2.46. The molecule has 2 aromatic carbocycles. The van der Waals surface area contributed by atoms with Gasteiger partial charge in [0, 0.05) is 12.1 Å². The molecule has 34 heavy (non-hydrogen) atoms. The average Bonchev–Trinajstić information content (AvgIpc) is 3.32. The topological polar surface area (TPSA) is 93.5 Å². The summed E-state index contributed by atoms with van der Waals surface area (Å²) < 4.78 is 32.0. The summed E-state index contributed by atoms with van der Waals surface area (Å²) in [5.74, 6) is -0.288. The van der Waals surface area contributed by atoms with Gasteiger partial charge < -0.3 is 15.5 Å². The molecule has 0 bridgehead atoms. The summed E-state index contributed by atoms with van der Waals surface area (Å²) in [7, 11) is 0. The lowest BCUT2D eigenvalue weighted by Gasteiger charge is -2.31. The van der Waals surface area contributed by atoms with Gasteiger partial charge in [0.2, 0.25) is 5.89 Å². The van der Waals surface area contributed by atoms with Crippen LogP contribution in [0.3, 0.4) is 0 Å². The maximum absolute atomic E-state index is 13.3. The van der Waals surface area contributed by atoms with Gasteiger partial charge in [0.15, 0.2) is 5.76 Å². The maximum atomic E-state index is 13.3. The highest BCUT2D eigenvalue weighted by Crippen LogP contribution is 2.34. The normalized spacial score (nSPS) is 13.5. The number of nitrogens with one attached hydrogen (secondary N) is 1. The second-order valence-corrected chi connectivity index (χ2v) is 8.45. The Morgan fingerprint density at radius 3 is 2.50 bits per heavy atom. The third-order valence-electron chi connectivity index (χ3n) is 5.40. The molecule has 0 unspecified atom stereocenters. The van der Waals surface area contributed by atoms with Crippen LogP contribution < -0.4 is 11.1 Å². The fraction of sp³-hybridized carbons (Fsp3) is 0.292. The molecule has 1 heterocycles. The number of oxazole rings is 1. The Morgan fingerprint density at radius 2 is 1.88 bits per heavy atom. The van der Waals surface area contributed by atoms with Crippen molar-refractivity contribution in [2.24, 2.45) is 10.7 Å². The smallest absolute Gasteiger partial charge is 0.255 e. The highest BCUT2D eigenvalue weighted by molar-refractivity contribution is 6.39. The molecule has 0 aliphatic carbocycles. The van der Waals surface area contributed by atoms with Crippen LogP contribution in [-0.4, -0.2) is 29.9 Å². The van der Waals surface area contributed by atoms with Crippen LogP contribution in [0.15, 0.2) is 58.1 Å². The summed E-state index contributed by atoms with van der Waals surface area (Å²) in [4.78, 5) is 21.6. The Hall–Kier alpha value is -2.97. The van der Waals surface area contributed by atoms with Crippen LogP contribution in [0.4, 0.5) is 8.78 Å². The van der Waals surface area contributed by atoms with Crippen molar-refractivity contribution >= 4 is 34.9 Å². The van der Waals surface area contributed by atoms with E-state index in [1.54, 1.807) is 30.3 Å². The van der Waals surface area contributed by atoms with Crippen molar-refractivity contribution in [1.82, 2.24) is 10.3 Å². The first-order valence-corrected chi connectivity index (χ1v) is 11.4. The van der Waals surface area contributed by atoms with E-state index in [4.69, 9.17) is 33.4 Å². The molecule has 0 spiro atoms. The van der Waals surface area contributed by atoms with Crippen molar-refractivity contribution in [3.8, 4) is 11.3 Å². The largest absolute Gasteiger partial charge is 0.438 e. The van der Waals surface area contributed by atoms with Crippen LogP contribution in [-0.2, 0) is 5.54 Å². The summed E-state index contributed by atoms with van der Waals surface area (Å²) >= 11 is 12.5. The highest BCUT2D eigenvalue weighted by Gasteiger charge is 2.38. The molecule has 1 aromatic heterocycles. The molecule has 3 rings (SSSR count). The Bertz CT molecular complexity index is 1150. The SMILES string of the molecule is CC[C@](CCCN=C(N)CF)(NC(=O)c1c(Cl)cccc1Cl)c1ncc(-c2ccc(F)cc2)o1. The Morgan fingerprint density at radius 1 is 1.21 bits per heavy atom. The van der Waals surface area contributed by atoms with Crippen molar-refractivity contribution in [3.05, 3.63) is 76.0 Å². The molecule has 10 heteroatoms. The molecule has 0 aliphatic heterocycles. The van der Waals surface area contributed by atoms with Crippen molar-refractivity contribution < 1.29 is 18.0 Å². The number of alkyl halides is 1. The zero-order valence-electron chi connectivity index (χ0n) is 18.5. The Labute approximate surface area is 206 Å². The minimum Gasteiger partial charge on any atom is -0.438 e. The summed E-state index contributed by atoms with van der Waals surface area (Å²) in [5, 5.41) is 3.40. The predicted octanol–water partition coefficient (Wildman–Crippen LogP) is 5.93. The minimum absolute atomic E-state index is 0.0938. The van der Waals surface area contributed by atoms with Gasteiger partial charge in [-0.3, -0.25) is 9.79 Å². The molecule has 3 aromatic rings. The number of hydrogen-bond acceptors (Lipinski definition) is 4. The number of nitrogens with zero attached hydrogens (tertiary/aromatic N) is 2. The summed E-state index contributed by atoms with van der Waals surface area (Å²) in [6.07, 6.45) is 2.75. The molecule has 0 radical (unpaired) electrons. The number of aliphatic imine (C=N–C) groups is 1. The number of amides is 1. The van der Waals surface area contributed by atoms with E-state index in [-0.39, 0.29) is 39.7 Å². The zero-order chi connectivity index (χ0) is 24.7. The molecule has 3 N–H and O–H groups in total. The monoisotopic (exact) mass is 508 g/mol. The number of rotatable bonds is 10. The molecule has 1 amide bonds. The van der Waals surface area contributed by atoms with Gasteiger partial charge in [0.05, 0.1) is 21.8 Å². The first-order chi connectivity index (χ1) is 16.3. The molecule has 0 saturated heterocycles. The minimum atomic E-state index is -1.04. The van der Waals surface area contributed by atoms with Gasteiger partial charge in [-0.25, -0.2) is 13.8 Å². The lowest BCUT2D eigenvalue weighted by atomic mass is 9.89. The maximum Gasteiger partial charge on any atom is 0.255 e. The van der Waals surface area contributed by atoms with E-state index in [0.29, 0.717) is 30.6 Å². The molecular weight excluding hydrogens is 485 g/mol. The number of halogens is 4. The highest BCUT2D eigenvalue weighted by atomic mass is 35.5. The van der Waals surface area contributed by atoms with Crippen LogP contribution in [0.5, 0.6) is 0 Å². The average molecular weight is 509 g/mol. The van der Waals surface area contributed by atoms with E-state index in [0.717, 1.165) is 0 Å². The molecule has 6 nitrogen and oxygen atoms in total. The summed E-state index contributed by atoms with van der Waals surface area (Å²) in [5.41, 5.74) is 5.17. The Balaban J connectivity index is 1.95. The number of hydrogen-bond donors (Lipinski definition) is 2. The first kappa shape index (κ1) is 25.6. The molecule has 180 valence electrons. The second kappa shape index (κ2) is 11.4. The van der Waals surface area contributed by atoms with Gasteiger partial charge in [-0.15, -0.1) is 0 Å². The quantitative estimate of drug-likeness (QED) is 0.201. The van der Waals surface area contributed by atoms with E-state index in [1.807, 2.05) is 6.92 Å². The van der Waals surface area contributed by atoms with Crippen LogP contribution >= 0.6 is 23.2 Å². The number of nitrogens with two attached hydrogens (primary N) is 1. The Kier molecular flexibility index (Phi) is 8.63. The number of carbonyl (C=O) groups is 1. The van der Waals surface area contributed by atoms with E-state index in [1.165, 1.54) is 18.3 Å². The molecule has 1 atom stereocenters. The van der Waals surface area contributed by atoms with Gasteiger partial charge in [-0.1, -0.05) is 36.2 Å². The van der Waals surface area contributed by atoms with Gasteiger partial charge in [0.25, 0.3) is 5.91 Å². The van der Waals surface area contributed by atoms with Gasteiger partial charge in [-0.05, 0) is 55.7 Å². The van der Waals surface area contributed by atoms with Crippen LogP contribution in [0.1, 0.15) is 42.4 Å². The third-order valence-corrected chi connectivity index (χ3v) is 6.03. The molecule has 0 aliphatic rings. The molecule has 0 fully saturated rings. The van der Waals surface area contributed by atoms with E-state index < -0.39 is 18.1 Å². The van der Waals surface area contributed by atoms with Gasteiger partial charge in [-0.2, -0.15) is 0 Å². The van der Waals surface area contributed by atoms with Crippen LogP contribution in [0.2, 0.25) is 10.0 Å². The van der Waals surface area contributed by atoms with Crippen LogP contribution in [0, 0.1) is 5.82 Å². The summed E-state index contributed by atoms with van der Waals surface area (Å²) in [6.45, 7) is 1.29. The van der Waals surface area contributed by atoms with E-state index in [2.05, 4.69) is 15.3 Å². The van der Waals surface area contributed by atoms with Gasteiger partial charge in [0.1, 0.15) is 23.9 Å². The van der Waals surface area contributed by atoms with Crippen molar-refractivity contribution in [2.75, 3.05) is 13.2 Å². The number of amidine groups is 1. The summed E-state index contributed by atoms with van der Waals surface area (Å²) in [6, 6.07) is 10.6. The van der Waals surface area contributed by atoms with E-state index in [9.17, 15) is 13.6 Å².